The largest absolute Gasteiger partial charge is 0.488 e. The molecule has 0 spiro atoms. The maximum Gasteiger partial charge on any atom is 0.309 e. The van der Waals surface area contributed by atoms with Crippen LogP contribution in [0.1, 0.15) is 44.1 Å². The van der Waals surface area contributed by atoms with E-state index >= 15 is 0 Å². The summed E-state index contributed by atoms with van der Waals surface area (Å²) in [7, 11) is 1.70. The molecule has 0 amide bonds. The second kappa shape index (κ2) is 29.9. The van der Waals surface area contributed by atoms with Gasteiger partial charge in [0.25, 0.3) is 0 Å². The highest BCUT2D eigenvalue weighted by Gasteiger charge is 2.24. The number of para-hydroxylation sites is 2. The lowest BCUT2D eigenvalue weighted by Crippen LogP contribution is -2.12. The summed E-state index contributed by atoms with van der Waals surface area (Å²) in [6.07, 6.45) is 1.24. The number of benzene rings is 7. The second-order valence-corrected chi connectivity index (χ2v) is 19.3. The van der Waals surface area contributed by atoms with Gasteiger partial charge in [0.15, 0.2) is 0 Å². The summed E-state index contributed by atoms with van der Waals surface area (Å²) in [4.78, 5) is 56.2. The van der Waals surface area contributed by atoms with Gasteiger partial charge in [0.2, 0.25) is 5.78 Å². The number of aromatic nitrogens is 3. The number of halogens is 4. The first-order chi connectivity index (χ1) is 38.8. The van der Waals surface area contributed by atoms with Crippen molar-refractivity contribution in [2.24, 2.45) is 7.05 Å². The molecule has 0 bridgehead atoms. The van der Waals surface area contributed by atoms with Gasteiger partial charge in [-0.3, -0.25) is 24.0 Å². The van der Waals surface area contributed by atoms with Gasteiger partial charge in [0, 0.05) is 45.0 Å². The lowest BCUT2D eigenvalue weighted by molar-refractivity contribution is -0.137. The average Bonchev–Trinajstić information content (AvgIpc) is 4.03. The van der Waals surface area contributed by atoms with E-state index in [0.717, 1.165) is 33.6 Å². The van der Waals surface area contributed by atoms with Gasteiger partial charge in [-0.05, 0) is 102 Å². The Kier molecular flexibility index (Phi) is 22.6. The van der Waals surface area contributed by atoms with Crippen molar-refractivity contribution >= 4 is 76.1 Å². The molecule has 0 radical (unpaired) electrons. The Balaban J connectivity index is 0.000000178. The average molecular weight is 1170 g/mol. The number of ether oxygens (including phenoxy) is 2. The number of aliphatic carboxylic acids is 4. The number of hydrogen-bond acceptors (Lipinski definition) is 8. The second-order valence-electron chi connectivity index (χ2n) is 17.6. The van der Waals surface area contributed by atoms with E-state index in [-0.39, 0.29) is 31.5 Å². The molecular formula is C63H53Cl4N3O11. The van der Waals surface area contributed by atoms with Gasteiger partial charge in [0.1, 0.15) is 29.5 Å². The highest BCUT2D eigenvalue weighted by Crippen LogP contribution is 2.37. The number of hydrogen-bond donors (Lipinski definition) is 4. The molecule has 0 aliphatic carbocycles. The van der Waals surface area contributed by atoms with Crippen LogP contribution in [0.3, 0.4) is 0 Å². The first-order valence-electron chi connectivity index (χ1n) is 24.7. The molecule has 4 N–H and O–H groups in total. The Hall–Kier alpha value is -8.92. The lowest BCUT2D eigenvalue weighted by Gasteiger charge is -2.11. The van der Waals surface area contributed by atoms with Crippen LogP contribution in [-0.4, -0.2) is 71.0 Å². The topological polar surface area (TPSA) is 207 Å². The predicted octanol–water partition coefficient (Wildman–Crippen LogP) is 14.6. The van der Waals surface area contributed by atoms with Gasteiger partial charge in [-0.25, -0.2) is 4.68 Å². The fourth-order valence-corrected chi connectivity index (χ4v) is 8.98. The number of carboxylic acids is 4. The maximum atomic E-state index is 12.5. The van der Waals surface area contributed by atoms with Crippen LogP contribution in [0.2, 0.25) is 20.1 Å². The number of rotatable bonds is 18. The summed E-state index contributed by atoms with van der Waals surface area (Å²) >= 11 is 23.5. The van der Waals surface area contributed by atoms with Crippen LogP contribution in [0.15, 0.2) is 195 Å². The molecular weight excluding hydrogens is 1120 g/mol. The molecule has 0 saturated carbocycles. The number of nitrogens with zero attached hydrogens (tertiary/aromatic N) is 3. The molecule has 18 heteroatoms. The quantitative estimate of drug-likeness (QED) is 0.0467. The van der Waals surface area contributed by atoms with E-state index in [2.05, 4.69) is 6.58 Å². The van der Waals surface area contributed by atoms with Gasteiger partial charge in [-0.1, -0.05) is 162 Å². The minimum atomic E-state index is -0.920. The van der Waals surface area contributed by atoms with Crippen molar-refractivity contribution in [3.63, 3.8) is 0 Å². The summed E-state index contributed by atoms with van der Waals surface area (Å²) in [5.41, 5.74) is 8.69. The summed E-state index contributed by atoms with van der Waals surface area (Å²) < 4.78 is 14.3. The van der Waals surface area contributed by atoms with Crippen molar-refractivity contribution in [3.05, 3.63) is 254 Å². The monoisotopic (exact) mass is 1170 g/mol. The van der Waals surface area contributed by atoms with Crippen molar-refractivity contribution in [2.45, 2.75) is 32.6 Å². The number of aryl methyl sites for hydroxylation is 1. The third-order valence-corrected chi connectivity index (χ3v) is 12.8. The van der Waals surface area contributed by atoms with Crippen LogP contribution in [0.25, 0.3) is 28.1 Å². The number of carbonyl (C=O) groups is 5. The van der Waals surface area contributed by atoms with Crippen LogP contribution in [-0.2, 0) is 51.9 Å². The smallest absolute Gasteiger partial charge is 0.309 e. The van der Waals surface area contributed by atoms with Crippen LogP contribution in [0.5, 0.6) is 17.2 Å². The van der Waals surface area contributed by atoms with E-state index < -0.39 is 23.9 Å². The van der Waals surface area contributed by atoms with Crippen LogP contribution < -0.4 is 9.47 Å². The zero-order chi connectivity index (χ0) is 58.6. The lowest BCUT2D eigenvalue weighted by atomic mass is 9.97. The highest BCUT2D eigenvalue weighted by atomic mass is 35.5. The molecule has 0 unspecified atom stereocenters. The summed E-state index contributed by atoms with van der Waals surface area (Å²) in [5.74, 6) is -2.31. The molecule has 414 valence electrons. The molecule has 0 aliphatic rings. The maximum absolute atomic E-state index is 12.5. The zero-order valence-corrected chi connectivity index (χ0v) is 46.7. The fraction of sp³-hybridized carbons (Fsp3) is 0.111. The van der Waals surface area contributed by atoms with Gasteiger partial charge in [0.05, 0.1) is 52.8 Å². The normalized spacial score (nSPS) is 10.3. The predicted molar refractivity (Wildman–Crippen MR) is 315 cm³/mol. The molecule has 0 aliphatic heterocycles. The molecule has 9 rings (SSSR count). The minimum absolute atomic E-state index is 0.0402. The number of carbonyl (C=O) groups excluding carboxylic acids is 1. The standard InChI is InChI=1S/C23H18N2O2.C15H14ClNO3.C14H10Cl2O3.C11H11ClO3/c26-21(27)16-20-22(17-10-4-1-5-11-17)23(18-12-6-2-7-13-18)24-25(20)19-14-8-3-9-15-19;1-9-7-12(8-13(18)19)17(2)14(9)15(20)10-3-5-11(16)6-4-10;15-10-5-6-13(11(16)8-10)19-12-4-2-1-3-9(12)7-14(17)18;1-2-5-15-10-4-3-8(6-9(10)12)7-11(13)14/h1-15H,16H2,(H,26,27);3-7H,8H2,1-2H3,(H,18,19);1-6,8H,7H2,(H,17,18);2-4,6H,1,5,7H2,(H,13,14). The van der Waals surface area contributed by atoms with Crippen LogP contribution >= 0.6 is 46.4 Å². The first kappa shape index (κ1) is 61.3. The Morgan fingerprint density at radius 3 is 1.69 bits per heavy atom. The van der Waals surface area contributed by atoms with Crippen molar-refractivity contribution < 1.29 is 53.9 Å². The molecule has 0 fully saturated rings. The van der Waals surface area contributed by atoms with Crippen LogP contribution in [0, 0.1) is 6.92 Å². The zero-order valence-electron chi connectivity index (χ0n) is 43.6. The third-order valence-electron chi connectivity index (χ3n) is 11.7. The molecule has 14 nitrogen and oxygen atoms in total. The Labute approximate surface area is 487 Å². The van der Waals surface area contributed by atoms with E-state index in [4.69, 9.17) is 76.3 Å². The van der Waals surface area contributed by atoms with E-state index in [0.29, 0.717) is 77.7 Å². The van der Waals surface area contributed by atoms with Crippen molar-refractivity contribution in [3.8, 4) is 45.3 Å². The van der Waals surface area contributed by atoms with E-state index in [1.807, 2.05) is 91.0 Å². The Morgan fingerprint density at radius 2 is 1.11 bits per heavy atom. The van der Waals surface area contributed by atoms with Gasteiger partial charge < -0.3 is 34.5 Å². The minimum Gasteiger partial charge on any atom is -0.488 e. The van der Waals surface area contributed by atoms with Crippen LogP contribution in [0.4, 0.5) is 0 Å². The number of carboxylic acid groups (broad SMARTS) is 4. The van der Waals surface area contributed by atoms with Crippen molar-refractivity contribution in [2.75, 3.05) is 6.61 Å². The summed E-state index contributed by atoms with van der Waals surface area (Å²) in [6, 6.07) is 54.4. The molecule has 0 saturated heterocycles. The van der Waals surface area contributed by atoms with E-state index in [9.17, 15) is 29.1 Å². The van der Waals surface area contributed by atoms with E-state index in [1.54, 1.807) is 120 Å². The van der Waals surface area contributed by atoms with Crippen molar-refractivity contribution in [1.82, 2.24) is 14.3 Å². The third kappa shape index (κ3) is 17.8. The molecule has 2 heterocycles. The SMILES string of the molecule is C=CCOc1ccc(CC(=O)O)cc1Cl.Cc1cc(CC(=O)O)n(C)c1C(=O)c1ccc(Cl)cc1.O=C(O)Cc1c(-c2ccccc2)c(-c2ccccc2)nn1-c1ccccc1.O=C(O)Cc1ccccc1Oc1ccc(Cl)cc1Cl. The molecule has 0 atom stereocenters. The van der Waals surface area contributed by atoms with Gasteiger partial charge >= 0.3 is 23.9 Å². The highest BCUT2D eigenvalue weighted by molar-refractivity contribution is 6.35. The summed E-state index contributed by atoms with van der Waals surface area (Å²) in [6.45, 7) is 5.69. The van der Waals surface area contributed by atoms with Gasteiger partial charge in [-0.2, -0.15) is 5.10 Å². The molecule has 2 aromatic heterocycles. The van der Waals surface area contributed by atoms with Gasteiger partial charge in [-0.15, -0.1) is 0 Å². The molecule has 7 aromatic carbocycles. The van der Waals surface area contributed by atoms with E-state index in [1.165, 1.54) is 0 Å². The van der Waals surface area contributed by atoms with Crippen molar-refractivity contribution in [1.29, 1.82) is 0 Å². The first-order valence-corrected chi connectivity index (χ1v) is 26.2. The molecule has 9 aromatic rings. The molecule has 81 heavy (non-hydrogen) atoms. The Bertz CT molecular complexity index is 3640. The number of ketones is 1. The fourth-order valence-electron chi connectivity index (χ4n) is 8.15. The summed E-state index contributed by atoms with van der Waals surface area (Å²) in [5, 5.41) is 42.5. The Morgan fingerprint density at radius 1 is 0.568 bits per heavy atom.